The second-order valence-corrected chi connectivity index (χ2v) is 10.4. The summed E-state index contributed by atoms with van der Waals surface area (Å²) in [6.07, 6.45) is 0. The zero-order chi connectivity index (χ0) is 22.1. The van der Waals surface area contributed by atoms with Gasteiger partial charge in [-0.2, -0.15) is 0 Å². The lowest BCUT2D eigenvalue weighted by Crippen LogP contribution is -2.49. The van der Waals surface area contributed by atoms with Crippen LogP contribution in [0.1, 0.15) is 28.9 Å². The summed E-state index contributed by atoms with van der Waals surface area (Å²) in [5.74, 6) is -0.263. The van der Waals surface area contributed by atoms with Crippen LogP contribution >= 0.6 is 23.2 Å². The fourth-order valence-electron chi connectivity index (χ4n) is 3.53. The molecule has 9 heteroatoms. The van der Waals surface area contributed by atoms with E-state index in [1.165, 1.54) is 32.3 Å². The molecule has 162 valence electrons. The van der Waals surface area contributed by atoms with Crippen molar-refractivity contribution in [3.8, 4) is 0 Å². The molecule has 1 heterocycles. The van der Waals surface area contributed by atoms with Crippen LogP contribution in [0.2, 0.25) is 10.0 Å². The van der Waals surface area contributed by atoms with Crippen molar-refractivity contribution < 1.29 is 13.2 Å². The van der Waals surface area contributed by atoms with Gasteiger partial charge in [-0.15, -0.1) is 0 Å². The molecule has 0 radical (unpaired) electrons. The van der Waals surface area contributed by atoms with E-state index >= 15 is 0 Å². The lowest BCUT2D eigenvalue weighted by Gasteiger charge is -2.38. The maximum absolute atomic E-state index is 13.1. The van der Waals surface area contributed by atoms with Crippen molar-refractivity contribution in [1.29, 1.82) is 0 Å². The molecule has 0 spiro atoms. The third-order valence-corrected chi connectivity index (χ3v) is 7.94. The quantitative estimate of drug-likeness (QED) is 0.668. The van der Waals surface area contributed by atoms with Crippen LogP contribution in [-0.4, -0.2) is 68.7 Å². The van der Waals surface area contributed by atoms with Crippen LogP contribution in [0.25, 0.3) is 0 Å². The van der Waals surface area contributed by atoms with Crippen LogP contribution in [0.15, 0.2) is 47.4 Å². The van der Waals surface area contributed by atoms with Gasteiger partial charge in [-0.25, -0.2) is 12.7 Å². The van der Waals surface area contributed by atoms with E-state index in [0.717, 1.165) is 14.9 Å². The van der Waals surface area contributed by atoms with Gasteiger partial charge in [-0.1, -0.05) is 41.4 Å². The monoisotopic (exact) mass is 469 g/mol. The molecule has 2 aromatic rings. The molecule has 1 aliphatic rings. The third-order valence-electron chi connectivity index (χ3n) is 5.45. The second-order valence-electron chi connectivity index (χ2n) is 7.45. The Kier molecular flexibility index (Phi) is 7.09. The van der Waals surface area contributed by atoms with Crippen molar-refractivity contribution in [3.63, 3.8) is 0 Å². The van der Waals surface area contributed by atoms with Gasteiger partial charge in [0.05, 0.1) is 15.5 Å². The first kappa shape index (κ1) is 23.0. The van der Waals surface area contributed by atoms with E-state index in [9.17, 15) is 13.2 Å². The van der Waals surface area contributed by atoms with Crippen LogP contribution in [0.4, 0.5) is 0 Å². The van der Waals surface area contributed by atoms with Gasteiger partial charge in [0, 0.05) is 51.3 Å². The summed E-state index contributed by atoms with van der Waals surface area (Å²) in [6.45, 7) is 4.52. The largest absolute Gasteiger partial charge is 0.336 e. The topological polar surface area (TPSA) is 60.9 Å². The highest BCUT2D eigenvalue weighted by Gasteiger charge is 2.28. The lowest BCUT2D eigenvalue weighted by atomic mass is 10.1. The smallest absolute Gasteiger partial charge is 0.255 e. The van der Waals surface area contributed by atoms with E-state index in [4.69, 9.17) is 23.2 Å². The highest BCUT2D eigenvalue weighted by atomic mass is 35.5. The molecular formula is C21H25Cl2N3O3S. The summed E-state index contributed by atoms with van der Waals surface area (Å²) in [5.41, 5.74) is 1.26. The molecule has 1 amide bonds. The number of hydrogen-bond donors (Lipinski definition) is 0. The molecule has 0 N–H and O–H groups in total. The number of carbonyl (C=O) groups excluding carboxylic acids is 1. The number of amides is 1. The fraction of sp³-hybridized carbons (Fsp3) is 0.381. The average Bonchev–Trinajstić information content (AvgIpc) is 2.73. The molecule has 1 unspecified atom stereocenters. The molecule has 1 aliphatic heterocycles. The van der Waals surface area contributed by atoms with Gasteiger partial charge in [-0.3, -0.25) is 9.69 Å². The van der Waals surface area contributed by atoms with Crippen LogP contribution in [0.5, 0.6) is 0 Å². The molecule has 30 heavy (non-hydrogen) atoms. The SMILES string of the molecule is CC(c1ccccc1Cl)N1CCN(C(=O)c2cc(S(=O)(=O)N(C)C)ccc2Cl)CC1. The van der Waals surface area contributed by atoms with Gasteiger partial charge in [-0.05, 0) is 36.8 Å². The average molecular weight is 470 g/mol. The Morgan fingerprint density at radius 3 is 2.23 bits per heavy atom. The van der Waals surface area contributed by atoms with E-state index in [1.807, 2.05) is 24.3 Å². The molecule has 1 saturated heterocycles. The van der Waals surface area contributed by atoms with Gasteiger partial charge in [0.15, 0.2) is 0 Å². The minimum atomic E-state index is -3.65. The van der Waals surface area contributed by atoms with E-state index in [0.29, 0.717) is 26.2 Å². The van der Waals surface area contributed by atoms with E-state index in [1.54, 1.807) is 4.90 Å². The number of piperazine rings is 1. The van der Waals surface area contributed by atoms with Gasteiger partial charge < -0.3 is 4.90 Å². The molecule has 0 aliphatic carbocycles. The Bertz CT molecular complexity index is 1040. The van der Waals surface area contributed by atoms with Crippen molar-refractivity contribution in [2.75, 3.05) is 40.3 Å². The maximum Gasteiger partial charge on any atom is 0.255 e. The van der Waals surface area contributed by atoms with Crippen molar-refractivity contribution in [1.82, 2.24) is 14.1 Å². The van der Waals surface area contributed by atoms with Crippen LogP contribution in [0.3, 0.4) is 0 Å². The molecule has 1 atom stereocenters. The van der Waals surface area contributed by atoms with Crippen molar-refractivity contribution in [3.05, 3.63) is 63.6 Å². The number of rotatable bonds is 5. The number of halogens is 2. The van der Waals surface area contributed by atoms with Crippen LogP contribution in [-0.2, 0) is 10.0 Å². The Morgan fingerprint density at radius 2 is 1.63 bits per heavy atom. The predicted molar refractivity (Wildman–Crippen MR) is 120 cm³/mol. The summed E-state index contributed by atoms with van der Waals surface area (Å²) in [4.78, 5) is 17.1. The molecule has 1 fully saturated rings. The fourth-order valence-corrected chi connectivity index (χ4v) is 4.95. The predicted octanol–water partition coefficient (Wildman–Crippen LogP) is 3.76. The third kappa shape index (κ3) is 4.65. The summed E-state index contributed by atoms with van der Waals surface area (Å²) >= 11 is 12.6. The Morgan fingerprint density at radius 1 is 1.00 bits per heavy atom. The van der Waals surface area contributed by atoms with Gasteiger partial charge in [0.2, 0.25) is 10.0 Å². The summed E-state index contributed by atoms with van der Waals surface area (Å²) in [7, 11) is -0.753. The van der Waals surface area contributed by atoms with Gasteiger partial charge in [0.1, 0.15) is 0 Å². The first-order valence-electron chi connectivity index (χ1n) is 9.62. The number of benzene rings is 2. The molecule has 3 rings (SSSR count). The van der Waals surface area contributed by atoms with Gasteiger partial charge >= 0.3 is 0 Å². The number of sulfonamides is 1. The van der Waals surface area contributed by atoms with Crippen LogP contribution < -0.4 is 0 Å². The minimum absolute atomic E-state index is 0.0474. The highest BCUT2D eigenvalue weighted by molar-refractivity contribution is 7.89. The lowest BCUT2D eigenvalue weighted by molar-refractivity contribution is 0.0582. The molecule has 0 aromatic heterocycles. The van der Waals surface area contributed by atoms with E-state index in [-0.39, 0.29) is 27.4 Å². The van der Waals surface area contributed by atoms with Crippen molar-refractivity contribution >= 4 is 39.1 Å². The highest BCUT2D eigenvalue weighted by Crippen LogP contribution is 2.29. The zero-order valence-corrected chi connectivity index (χ0v) is 19.5. The Labute approximate surface area is 188 Å². The minimum Gasteiger partial charge on any atom is -0.336 e. The van der Waals surface area contributed by atoms with Crippen molar-refractivity contribution in [2.45, 2.75) is 17.9 Å². The molecule has 0 bridgehead atoms. The summed E-state index contributed by atoms with van der Waals surface area (Å²) in [6, 6.07) is 12.1. The maximum atomic E-state index is 13.1. The molecule has 0 saturated carbocycles. The van der Waals surface area contributed by atoms with E-state index in [2.05, 4.69) is 11.8 Å². The number of hydrogen-bond acceptors (Lipinski definition) is 4. The van der Waals surface area contributed by atoms with Crippen molar-refractivity contribution in [2.24, 2.45) is 0 Å². The van der Waals surface area contributed by atoms with E-state index < -0.39 is 10.0 Å². The molecular weight excluding hydrogens is 445 g/mol. The summed E-state index contributed by atoms with van der Waals surface area (Å²) in [5, 5.41) is 0.971. The zero-order valence-electron chi connectivity index (χ0n) is 17.2. The Balaban J connectivity index is 1.74. The summed E-state index contributed by atoms with van der Waals surface area (Å²) < 4.78 is 25.9. The Hall–Kier alpha value is -1.64. The standard InChI is InChI=1S/C21H25Cl2N3O3S/c1-15(17-6-4-5-7-19(17)22)25-10-12-26(13-11-25)21(27)18-14-16(8-9-20(18)23)30(28,29)24(2)3/h4-9,14-15H,10-13H2,1-3H3. The van der Waals surface area contributed by atoms with Crippen LogP contribution in [0, 0.1) is 0 Å². The number of nitrogens with zero attached hydrogens (tertiary/aromatic N) is 3. The first-order valence-corrected chi connectivity index (χ1v) is 11.8. The normalized spacial score (nSPS) is 16.7. The number of carbonyl (C=O) groups is 1. The molecule has 2 aromatic carbocycles. The first-order chi connectivity index (χ1) is 14.1. The second kappa shape index (κ2) is 9.24. The van der Waals surface area contributed by atoms with Gasteiger partial charge in [0.25, 0.3) is 5.91 Å². The molecule has 6 nitrogen and oxygen atoms in total.